The lowest BCUT2D eigenvalue weighted by Gasteiger charge is -2.28. The zero-order valence-corrected chi connectivity index (χ0v) is 21.1. The van der Waals surface area contributed by atoms with E-state index in [4.69, 9.17) is 4.74 Å². The molecule has 1 fully saturated rings. The first kappa shape index (κ1) is 24.0. The summed E-state index contributed by atoms with van der Waals surface area (Å²) in [5.74, 6) is -0.230. The molecule has 1 N–H and O–H groups in total. The summed E-state index contributed by atoms with van der Waals surface area (Å²) in [6.45, 7) is 4.08. The van der Waals surface area contributed by atoms with Gasteiger partial charge in [0.1, 0.15) is 0 Å². The van der Waals surface area contributed by atoms with Crippen molar-refractivity contribution >= 4 is 34.6 Å². The van der Waals surface area contributed by atoms with Gasteiger partial charge in [0.2, 0.25) is 0 Å². The molecule has 0 unspecified atom stereocenters. The van der Waals surface area contributed by atoms with Gasteiger partial charge in [0.15, 0.2) is 0 Å². The molecule has 1 saturated carbocycles. The normalized spacial score (nSPS) is 17.8. The molecule has 0 radical (unpaired) electrons. The van der Waals surface area contributed by atoms with Crippen LogP contribution in [0.5, 0.6) is 0 Å². The molecule has 1 aliphatic carbocycles. The van der Waals surface area contributed by atoms with E-state index in [9.17, 15) is 9.59 Å². The van der Waals surface area contributed by atoms with Crippen LogP contribution in [0.3, 0.4) is 0 Å². The van der Waals surface area contributed by atoms with E-state index in [1.54, 1.807) is 11.3 Å². The number of ether oxygens (including phenoxy) is 1. The summed E-state index contributed by atoms with van der Waals surface area (Å²) >= 11 is 1.65. The molecule has 0 spiro atoms. The summed E-state index contributed by atoms with van der Waals surface area (Å²) in [6.07, 6.45) is 3.08. The molecule has 178 valence electrons. The first-order valence-corrected chi connectivity index (χ1v) is 12.6. The van der Waals surface area contributed by atoms with Gasteiger partial charge in [0.05, 0.1) is 24.3 Å². The average Bonchev–Trinajstić information content (AvgIpc) is 3.17. The number of thiophene rings is 1. The number of carbonyl (C=O) groups is 2. The molecular weight excluding hydrogens is 444 g/mol. The van der Waals surface area contributed by atoms with Crippen LogP contribution in [0, 0.1) is 19.8 Å². The fourth-order valence-corrected chi connectivity index (χ4v) is 5.96. The zero-order valence-electron chi connectivity index (χ0n) is 20.3. The number of carbonyl (C=O) groups excluding carboxylic acids is 2. The summed E-state index contributed by atoms with van der Waals surface area (Å²) in [7, 11) is 3.45. The third-order valence-corrected chi connectivity index (χ3v) is 7.76. The fourth-order valence-electron chi connectivity index (χ4n) is 4.88. The summed E-state index contributed by atoms with van der Waals surface area (Å²) < 4.78 is 4.88. The minimum Gasteiger partial charge on any atom is -0.469 e. The minimum absolute atomic E-state index is 0.0360. The molecule has 0 bridgehead atoms. The highest BCUT2D eigenvalue weighted by Crippen LogP contribution is 2.39. The van der Waals surface area contributed by atoms with E-state index in [1.807, 2.05) is 32.2 Å². The van der Waals surface area contributed by atoms with Crippen molar-refractivity contribution in [3.8, 4) is 11.1 Å². The van der Waals surface area contributed by atoms with Crippen LogP contribution >= 0.6 is 11.3 Å². The standard InChI is InChI=1S/C28H32N2O3S/c1-18-25(27(31)29-23-14-10-22(11-15-23)28(32)33-4)26(19(2)34-18)30(3)24-16-12-21(13-17-24)20-8-6-5-7-9-20/h5-9,12-13,16-17,22-23H,10-11,14-15H2,1-4H3,(H,29,31). The molecule has 2 aromatic carbocycles. The van der Waals surface area contributed by atoms with Crippen molar-refractivity contribution in [2.75, 3.05) is 19.1 Å². The highest BCUT2D eigenvalue weighted by Gasteiger charge is 2.30. The molecule has 34 heavy (non-hydrogen) atoms. The Morgan fingerprint density at radius 2 is 1.53 bits per heavy atom. The van der Waals surface area contributed by atoms with Gasteiger partial charge < -0.3 is 15.0 Å². The van der Waals surface area contributed by atoms with Crippen molar-refractivity contribution in [3.05, 3.63) is 69.9 Å². The van der Waals surface area contributed by atoms with E-state index in [0.717, 1.165) is 57.9 Å². The maximum atomic E-state index is 13.4. The molecule has 1 amide bonds. The van der Waals surface area contributed by atoms with Gasteiger partial charge in [0.25, 0.3) is 5.91 Å². The lowest BCUT2D eigenvalue weighted by Crippen LogP contribution is -2.39. The Balaban J connectivity index is 1.51. The van der Waals surface area contributed by atoms with Crippen LogP contribution in [0.2, 0.25) is 0 Å². The molecule has 4 rings (SSSR count). The highest BCUT2D eigenvalue weighted by molar-refractivity contribution is 7.12. The summed E-state index contributed by atoms with van der Waals surface area (Å²) in [4.78, 5) is 29.4. The highest BCUT2D eigenvalue weighted by atomic mass is 32.1. The molecule has 0 atom stereocenters. The minimum atomic E-state index is -0.142. The second kappa shape index (κ2) is 10.4. The van der Waals surface area contributed by atoms with Crippen LogP contribution in [0.15, 0.2) is 54.6 Å². The fraction of sp³-hybridized carbons (Fsp3) is 0.357. The van der Waals surface area contributed by atoms with E-state index < -0.39 is 0 Å². The monoisotopic (exact) mass is 476 g/mol. The average molecular weight is 477 g/mol. The van der Waals surface area contributed by atoms with Gasteiger partial charge in [-0.15, -0.1) is 11.3 Å². The van der Waals surface area contributed by atoms with Crippen molar-refractivity contribution in [1.82, 2.24) is 5.32 Å². The first-order valence-electron chi connectivity index (χ1n) is 11.8. The maximum absolute atomic E-state index is 13.4. The van der Waals surface area contributed by atoms with Crippen molar-refractivity contribution in [3.63, 3.8) is 0 Å². The number of aryl methyl sites for hydroxylation is 2. The Morgan fingerprint density at radius 3 is 2.15 bits per heavy atom. The number of nitrogens with zero attached hydrogens (tertiary/aromatic N) is 1. The number of anilines is 2. The molecule has 1 aromatic heterocycles. The molecule has 0 saturated heterocycles. The van der Waals surface area contributed by atoms with E-state index >= 15 is 0 Å². The van der Waals surface area contributed by atoms with E-state index in [-0.39, 0.29) is 23.8 Å². The molecule has 1 heterocycles. The van der Waals surface area contributed by atoms with Gasteiger partial charge in [-0.25, -0.2) is 0 Å². The lowest BCUT2D eigenvalue weighted by atomic mass is 9.86. The van der Waals surface area contributed by atoms with Gasteiger partial charge in [-0.05, 0) is 62.8 Å². The van der Waals surface area contributed by atoms with Gasteiger partial charge >= 0.3 is 5.97 Å². The second-order valence-corrected chi connectivity index (χ2v) is 10.4. The molecular formula is C28H32N2O3S. The third-order valence-electron chi connectivity index (χ3n) is 6.75. The number of hydrogen-bond donors (Lipinski definition) is 1. The predicted molar refractivity (Wildman–Crippen MR) is 139 cm³/mol. The number of methoxy groups -OCH3 is 1. The number of amides is 1. The van der Waals surface area contributed by atoms with Crippen molar-refractivity contribution in [1.29, 1.82) is 0 Å². The smallest absolute Gasteiger partial charge is 0.308 e. The number of hydrogen-bond acceptors (Lipinski definition) is 5. The van der Waals surface area contributed by atoms with Crippen LogP contribution in [0.25, 0.3) is 11.1 Å². The van der Waals surface area contributed by atoms with Gasteiger partial charge in [0, 0.05) is 28.5 Å². The van der Waals surface area contributed by atoms with Crippen LogP contribution in [0.4, 0.5) is 11.4 Å². The first-order chi connectivity index (χ1) is 16.4. The third kappa shape index (κ3) is 5.02. The molecule has 5 nitrogen and oxygen atoms in total. The predicted octanol–water partition coefficient (Wildman–Crippen LogP) is 6.26. The Labute approximate surface area is 205 Å². The van der Waals surface area contributed by atoms with Gasteiger partial charge in [-0.1, -0.05) is 42.5 Å². The molecule has 3 aromatic rings. The Bertz CT molecular complexity index is 1150. The largest absolute Gasteiger partial charge is 0.469 e. The van der Waals surface area contributed by atoms with E-state index in [0.29, 0.717) is 0 Å². The zero-order chi connectivity index (χ0) is 24.2. The number of esters is 1. The van der Waals surface area contributed by atoms with E-state index in [2.05, 4.69) is 53.5 Å². The Kier molecular flexibility index (Phi) is 7.37. The number of benzene rings is 2. The van der Waals surface area contributed by atoms with Crippen molar-refractivity contribution < 1.29 is 14.3 Å². The van der Waals surface area contributed by atoms with Crippen molar-refractivity contribution in [2.45, 2.75) is 45.6 Å². The van der Waals surface area contributed by atoms with Crippen molar-refractivity contribution in [2.24, 2.45) is 5.92 Å². The van der Waals surface area contributed by atoms with Gasteiger partial charge in [-0.3, -0.25) is 9.59 Å². The topological polar surface area (TPSA) is 58.6 Å². The second-order valence-electron chi connectivity index (χ2n) is 8.96. The summed E-state index contributed by atoms with van der Waals surface area (Å²) in [5.41, 5.74) is 5.08. The molecule has 6 heteroatoms. The molecule has 0 aliphatic heterocycles. The van der Waals surface area contributed by atoms with Crippen LogP contribution in [-0.2, 0) is 9.53 Å². The van der Waals surface area contributed by atoms with Crippen LogP contribution < -0.4 is 10.2 Å². The lowest BCUT2D eigenvalue weighted by molar-refractivity contribution is -0.146. The number of nitrogens with one attached hydrogen (secondary N) is 1. The Morgan fingerprint density at radius 1 is 0.912 bits per heavy atom. The van der Waals surface area contributed by atoms with Crippen LogP contribution in [0.1, 0.15) is 45.8 Å². The quantitative estimate of drug-likeness (QED) is 0.427. The summed E-state index contributed by atoms with van der Waals surface area (Å²) in [5, 5.41) is 3.23. The number of rotatable bonds is 6. The summed E-state index contributed by atoms with van der Waals surface area (Å²) in [6, 6.07) is 18.8. The Hall–Kier alpha value is -3.12. The SMILES string of the molecule is COC(=O)C1CCC(NC(=O)c2c(C)sc(C)c2N(C)c2ccc(-c3ccccc3)cc2)CC1. The van der Waals surface area contributed by atoms with Crippen LogP contribution in [-0.4, -0.2) is 32.1 Å². The van der Waals surface area contributed by atoms with E-state index in [1.165, 1.54) is 12.7 Å². The van der Waals surface area contributed by atoms with Gasteiger partial charge in [-0.2, -0.15) is 0 Å². The maximum Gasteiger partial charge on any atom is 0.308 e. The molecule has 1 aliphatic rings.